The normalized spacial score (nSPS) is 10.7. The van der Waals surface area contributed by atoms with Gasteiger partial charge in [-0.1, -0.05) is 41.9 Å². The lowest BCUT2D eigenvalue weighted by Gasteiger charge is -2.22. The summed E-state index contributed by atoms with van der Waals surface area (Å²) < 4.78 is 5.83. The average molecular weight is 414 g/mol. The maximum atomic E-state index is 12.9. The van der Waals surface area contributed by atoms with Crippen molar-refractivity contribution in [3.8, 4) is 0 Å². The fourth-order valence-electron chi connectivity index (χ4n) is 3.00. The third-order valence-electron chi connectivity index (χ3n) is 4.52. The Morgan fingerprint density at radius 2 is 1.76 bits per heavy atom. The Bertz CT molecular complexity index is 1110. The molecule has 0 saturated carbocycles. The van der Waals surface area contributed by atoms with E-state index in [4.69, 9.17) is 16.3 Å². The molecule has 7 nitrogen and oxygen atoms in total. The summed E-state index contributed by atoms with van der Waals surface area (Å²) in [6, 6.07) is 14.1. The Labute approximate surface area is 172 Å². The van der Waals surface area contributed by atoms with Gasteiger partial charge in [-0.05, 0) is 30.7 Å². The molecule has 0 fully saturated rings. The van der Waals surface area contributed by atoms with Crippen LogP contribution in [0.1, 0.15) is 11.3 Å². The van der Waals surface area contributed by atoms with Gasteiger partial charge in [-0.2, -0.15) is 5.10 Å². The minimum Gasteiger partial charge on any atom is -0.468 e. The van der Waals surface area contributed by atoms with Crippen LogP contribution in [-0.2, 0) is 27.4 Å². The van der Waals surface area contributed by atoms with Crippen LogP contribution in [0.5, 0.6) is 0 Å². The molecule has 0 bridgehead atoms. The van der Waals surface area contributed by atoms with Crippen molar-refractivity contribution in [1.29, 1.82) is 0 Å². The van der Waals surface area contributed by atoms with Crippen LogP contribution in [0.25, 0.3) is 10.8 Å². The first-order valence-electron chi connectivity index (χ1n) is 8.94. The monoisotopic (exact) mass is 413 g/mol. The van der Waals surface area contributed by atoms with Crippen LogP contribution < -0.4 is 5.56 Å². The second kappa shape index (κ2) is 8.87. The largest absolute Gasteiger partial charge is 0.468 e. The first kappa shape index (κ1) is 20.5. The maximum absolute atomic E-state index is 12.9. The van der Waals surface area contributed by atoms with Gasteiger partial charge in [-0.15, -0.1) is 0 Å². The number of carbonyl (C=O) groups is 2. The number of halogens is 1. The predicted octanol–water partition coefficient (Wildman–Crippen LogP) is 2.56. The molecule has 1 aromatic heterocycles. The van der Waals surface area contributed by atoms with Crippen molar-refractivity contribution in [2.24, 2.45) is 0 Å². The molecule has 1 heterocycles. The standard InChI is InChI=1S/C21H20ClN3O4/c1-14-17-5-3-4-6-18(17)21(28)25(23-14)12-19(26)24(13-20(27)29-2)11-15-7-9-16(22)10-8-15/h3-10H,11-13H2,1-2H3. The van der Waals surface area contributed by atoms with E-state index in [9.17, 15) is 14.4 Å². The van der Waals surface area contributed by atoms with Crippen molar-refractivity contribution in [3.63, 3.8) is 0 Å². The second-order valence-electron chi connectivity index (χ2n) is 6.55. The number of methoxy groups -OCH3 is 1. The molecule has 29 heavy (non-hydrogen) atoms. The molecule has 0 aliphatic heterocycles. The molecule has 3 rings (SSSR count). The van der Waals surface area contributed by atoms with E-state index >= 15 is 0 Å². The number of aryl methyl sites for hydroxylation is 1. The first-order valence-corrected chi connectivity index (χ1v) is 9.32. The number of amides is 1. The summed E-state index contributed by atoms with van der Waals surface area (Å²) in [5, 5.41) is 6.07. The molecule has 0 spiro atoms. The van der Waals surface area contributed by atoms with Crippen LogP contribution in [0.15, 0.2) is 53.3 Å². The molecule has 3 aromatic rings. The third-order valence-corrected chi connectivity index (χ3v) is 4.78. The highest BCUT2D eigenvalue weighted by atomic mass is 35.5. The van der Waals surface area contributed by atoms with Crippen LogP contribution in [-0.4, -0.2) is 40.2 Å². The molecule has 0 atom stereocenters. The average Bonchev–Trinajstić information content (AvgIpc) is 2.72. The Balaban J connectivity index is 1.88. The SMILES string of the molecule is COC(=O)CN(Cc1ccc(Cl)cc1)C(=O)Cn1nc(C)c2ccccc2c1=O. The number of fused-ring (bicyclic) bond motifs is 1. The van der Waals surface area contributed by atoms with Gasteiger partial charge in [0, 0.05) is 17.0 Å². The van der Waals surface area contributed by atoms with Gasteiger partial charge in [-0.3, -0.25) is 14.4 Å². The Hall–Kier alpha value is -3.19. The molecule has 0 aliphatic rings. The zero-order valence-electron chi connectivity index (χ0n) is 16.1. The summed E-state index contributed by atoms with van der Waals surface area (Å²) >= 11 is 5.90. The fraction of sp³-hybridized carbons (Fsp3) is 0.238. The van der Waals surface area contributed by atoms with E-state index in [-0.39, 0.29) is 25.2 Å². The summed E-state index contributed by atoms with van der Waals surface area (Å²) in [6.45, 7) is 1.43. The van der Waals surface area contributed by atoms with Gasteiger partial charge in [0.1, 0.15) is 13.1 Å². The summed E-state index contributed by atoms with van der Waals surface area (Å²) in [7, 11) is 1.26. The van der Waals surface area contributed by atoms with Gasteiger partial charge in [0.2, 0.25) is 5.91 Å². The number of carbonyl (C=O) groups excluding carboxylic acids is 2. The van der Waals surface area contributed by atoms with Gasteiger partial charge in [0.05, 0.1) is 18.2 Å². The van der Waals surface area contributed by atoms with Gasteiger partial charge in [0.25, 0.3) is 5.56 Å². The van der Waals surface area contributed by atoms with E-state index in [0.717, 1.165) is 15.6 Å². The summed E-state index contributed by atoms with van der Waals surface area (Å²) in [4.78, 5) is 38.8. The number of nitrogens with zero attached hydrogens (tertiary/aromatic N) is 3. The quantitative estimate of drug-likeness (QED) is 0.580. The van der Waals surface area contributed by atoms with Crippen LogP contribution in [0.2, 0.25) is 5.02 Å². The van der Waals surface area contributed by atoms with Crippen LogP contribution >= 0.6 is 11.6 Å². The summed E-state index contributed by atoms with van der Waals surface area (Å²) in [5.41, 5.74) is 1.08. The van der Waals surface area contributed by atoms with E-state index in [2.05, 4.69) is 5.10 Å². The molecule has 0 radical (unpaired) electrons. The Morgan fingerprint density at radius 1 is 1.10 bits per heavy atom. The highest BCUT2D eigenvalue weighted by molar-refractivity contribution is 6.30. The number of hydrogen-bond donors (Lipinski definition) is 0. The third kappa shape index (κ3) is 4.81. The zero-order chi connectivity index (χ0) is 21.0. The molecule has 1 amide bonds. The molecule has 0 saturated heterocycles. The predicted molar refractivity (Wildman–Crippen MR) is 110 cm³/mol. The number of hydrogen-bond acceptors (Lipinski definition) is 5. The Morgan fingerprint density at radius 3 is 2.41 bits per heavy atom. The van der Waals surface area contributed by atoms with E-state index in [1.165, 1.54) is 12.0 Å². The smallest absolute Gasteiger partial charge is 0.325 e. The van der Waals surface area contributed by atoms with Crippen LogP contribution in [0.3, 0.4) is 0 Å². The topological polar surface area (TPSA) is 81.5 Å². The van der Waals surface area contributed by atoms with Gasteiger partial charge < -0.3 is 9.64 Å². The zero-order valence-corrected chi connectivity index (χ0v) is 16.8. The number of benzene rings is 2. The van der Waals surface area contributed by atoms with Crippen molar-refractivity contribution < 1.29 is 14.3 Å². The molecular formula is C21H20ClN3O4. The summed E-state index contributed by atoms with van der Waals surface area (Å²) in [6.07, 6.45) is 0. The lowest BCUT2D eigenvalue weighted by molar-refractivity contribution is -0.147. The number of ether oxygens (including phenoxy) is 1. The van der Waals surface area contributed by atoms with Crippen molar-refractivity contribution in [2.45, 2.75) is 20.0 Å². The highest BCUT2D eigenvalue weighted by Gasteiger charge is 2.20. The van der Waals surface area contributed by atoms with E-state index in [0.29, 0.717) is 16.1 Å². The molecule has 0 aliphatic carbocycles. The van der Waals surface area contributed by atoms with Gasteiger partial charge >= 0.3 is 5.97 Å². The molecule has 8 heteroatoms. The highest BCUT2D eigenvalue weighted by Crippen LogP contribution is 2.14. The fourth-order valence-corrected chi connectivity index (χ4v) is 3.13. The molecule has 0 N–H and O–H groups in total. The maximum Gasteiger partial charge on any atom is 0.325 e. The van der Waals surface area contributed by atoms with Crippen LogP contribution in [0, 0.1) is 6.92 Å². The first-order chi connectivity index (χ1) is 13.9. The number of aromatic nitrogens is 2. The van der Waals surface area contributed by atoms with Crippen molar-refractivity contribution in [2.75, 3.05) is 13.7 Å². The summed E-state index contributed by atoms with van der Waals surface area (Å²) in [5.74, 6) is -0.975. The lowest BCUT2D eigenvalue weighted by atomic mass is 10.1. The van der Waals surface area contributed by atoms with Gasteiger partial charge in [-0.25, -0.2) is 4.68 Å². The van der Waals surface area contributed by atoms with Crippen molar-refractivity contribution in [1.82, 2.24) is 14.7 Å². The Kier molecular flexibility index (Phi) is 6.29. The molecule has 150 valence electrons. The van der Waals surface area contributed by atoms with E-state index < -0.39 is 11.9 Å². The molecular weight excluding hydrogens is 394 g/mol. The van der Waals surface area contributed by atoms with Gasteiger partial charge in [0.15, 0.2) is 0 Å². The van der Waals surface area contributed by atoms with Crippen molar-refractivity contribution in [3.05, 3.63) is 75.2 Å². The van der Waals surface area contributed by atoms with E-state index in [1.807, 2.05) is 12.1 Å². The van der Waals surface area contributed by atoms with E-state index in [1.54, 1.807) is 43.3 Å². The number of rotatable bonds is 6. The minimum absolute atomic E-state index is 0.173. The molecule has 0 unspecified atom stereocenters. The molecule has 2 aromatic carbocycles. The lowest BCUT2D eigenvalue weighted by Crippen LogP contribution is -2.40. The van der Waals surface area contributed by atoms with Crippen LogP contribution in [0.4, 0.5) is 0 Å². The second-order valence-corrected chi connectivity index (χ2v) is 6.98. The van der Waals surface area contributed by atoms with Crippen molar-refractivity contribution >= 4 is 34.2 Å². The number of esters is 1. The minimum atomic E-state index is -0.553.